The Bertz CT molecular complexity index is 985. The molecule has 1 atom stereocenters. The van der Waals surface area contributed by atoms with E-state index in [9.17, 15) is 18.3 Å². The molecule has 154 valence electrons. The first-order valence-corrected chi connectivity index (χ1v) is 10.2. The van der Waals surface area contributed by atoms with Crippen LogP contribution in [0, 0.1) is 0 Å². The van der Waals surface area contributed by atoms with E-state index >= 15 is 0 Å². The predicted molar refractivity (Wildman–Crippen MR) is 111 cm³/mol. The van der Waals surface area contributed by atoms with Gasteiger partial charge in [-0.3, -0.25) is 0 Å². The lowest BCUT2D eigenvalue weighted by atomic mass is 10.1. The third-order valence-electron chi connectivity index (χ3n) is 4.54. The lowest BCUT2D eigenvalue weighted by Crippen LogP contribution is -2.03. The third-order valence-corrected chi connectivity index (χ3v) is 6.68. The van der Waals surface area contributed by atoms with Crippen LogP contribution >= 0.6 is 34.5 Å². The molecule has 3 rings (SSSR count). The molecule has 0 spiro atoms. The number of alkyl halides is 3. The minimum absolute atomic E-state index is 0.0665. The molecule has 0 amide bonds. The standard InChI is InChI=1S/C21H17Cl2F3O2S/c1-28-16(9-5-13-4-8-15(27)20(23)19(13)22)18-11-10-17(29-18)12-2-6-14(7-3-12)21(24,25)26/h2-4,6-8,10-11,16,27H,5,9H2,1H3/t16-/m0/s1. The fourth-order valence-corrected chi connectivity index (χ4v) is 4.50. The van der Waals surface area contributed by atoms with Crippen LogP contribution < -0.4 is 0 Å². The van der Waals surface area contributed by atoms with Crippen molar-refractivity contribution in [2.24, 2.45) is 0 Å². The van der Waals surface area contributed by atoms with Gasteiger partial charge in [0, 0.05) is 16.9 Å². The number of aryl methyl sites for hydroxylation is 1. The zero-order valence-electron chi connectivity index (χ0n) is 15.3. The highest BCUT2D eigenvalue weighted by Gasteiger charge is 2.30. The summed E-state index contributed by atoms with van der Waals surface area (Å²) < 4.78 is 43.8. The Labute approximate surface area is 180 Å². The number of halogens is 5. The largest absolute Gasteiger partial charge is 0.506 e. The monoisotopic (exact) mass is 460 g/mol. The van der Waals surface area contributed by atoms with Gasteiger partial charge in [-0.25, -0.2) is 0 Å². The van der Waals surface area contributed by atoms with Gasteiger partial charge in [0.25, 0.3) is 0 Å². The van der Waals surface area contributed by atoms with Crippen LogP contribution in [0.25, 0.3) is 10.4 Å². The topological polar surface area (TPSA) is 29.5 Å². The van der Waals surface area contributed by atoms with E-state index in [2.05, 4.69) is 0 Å². The maximum Gasteiger partial charge on any atom is 0.416 e. The summed E-state index contributed by atoms with van der Waals surface area (Å²) >= 11 is 13.6. The van der Waals surface area contributed by atoms with Crippen LogP contribution in [0.4, 0.5) is 13.2 Å². The van der Waals surface area contributed by atoms with Crippen molar-refractivity contribution in [1.29, 1.82) is 0 Å². The molecule has 1 N–H and O–H groups in total. The van der Waals surface area contributed by atoms with Gasteiger partial charge in [0.15, 0.2) is 0 Å². The average molecular weight is 461 g/mol. The Morgan fingerprint density at radius 3 is 2.31 bits per heavy atom. The van der Waals surface area contributed by atoms with Crippen LogP contribution in [0.5, 0.6) is 5.75 Å². The van der Waals surface area contributed by atoms with Gasteiger partial charge in [-0.15, -0.1) is 11.3 Å². The molecule has 3 aromatic rings. The van der Waals surface area contributed by atoms with E-state index in [1.54, 1.807) is 13.2 Å². The minimum atomic E-state index is -4.35. The molecule has 0 fully saturated rings. The summed E-state index contributed by atoms with van der Waals surface area (Å²) in [6, 6.07) is 12.1. The van der Waals surface area contributed by atoms with E-state index < -0.39 is 11.7 Å². The summed E-state index contributed by atoms with van der Waals surface area (Å²) in [5.74, 6) is -0.0665. The normalized spacial score (nSPS) is 12.9. The van der Waals surface area contributed by atoms with Gasteiger partial charge >= 0.3 is 6.18 Å². The van der Waals surface area contributed by atoms with Gasteiger partial charge in [0.05, 0.1) is 16.7 Å². The van der Waals surface area contributed by atoms with Gasteiger partial charge in [0.1, 0.15) is 10.8 Å². The van der Waals surface area contributed by atoms with Crippen LogP contribution in [-0.2, 0) is 17.3 Å². The second-order valence-electron chi connectivity index (χ2n) is 6.41. The number of phenols is 1. The average Bonchev–Trinajstić information content (AvgIpc) is 3.17. The lowest BCUT2D eigenvalue weighted by molar-refractivity contribution is -0.137. The van der Waals surface area contributed by atoms with Crippen molar-refractivity contribution in [3.63, 3.8) is 0 Å². The maximum absolute atomic E-state index is 12.7. The van der Waals surface area contributed by atoms with Crippen LogP contribution in [0.3, 0.4) is 0 Å². The van der Waals surface area contributed by atoms with E-state index in [0.29, 0.717) is 17.9 Å². The van der Waals surface area contributed by atoms with Crippen molar-refractivity contribution in [2.75, 3.05) is 7.11 Å². The molecule has 0 saturated carbocycles. The number of rotatable bonds is 6. The minimum Gasteiger partial charge on any atom is -0.506 e. The first-order valence-electron chi connectivity index (χ1n) is 8.66. The Kier molecular flexibility index (Phi) is 6.79. The van der Waals surface area contributed by atoms with Crippen LogP contribution in [-0.4, -0.2) is 12.2 Å². The van der Waals surface area contributed by atoms with Gasteiger partial charge < -0.3 is 9.84 Å². The molecule has 0 aliphatic rings. The third kappa shape index (κ3) is 5.07. The predicted octanol–water partition coefficient (Wildman–Crippen LogP) is 7.77. The smallest absolute Gasteiger partial charge is 0.416 e. The van der Waals surface area contributed by atoms with Crippen LogP contribution in [0.1, 0.15) is 28.5 Å². The van der Waals surface area contributed by atoms with Crippen LogP contribution in [0.15, 0.2) is 48.5 Å². The van der Waals surface area contributed by atoms with Gasteiger partial charge in [-0.1, -0.05) is 41.4 Å². The molecule has 0 bridgehead atoms. The number of thiophene rings is 1. The van der Waals surface area contributed by atoms with Crippen molar-refractivity contribution in [2.45, 2.75) is 25.1 Å². The zero-order valence-corrected chi connectivity index (χ0v) is 17.6. The van der Waals surface area contributed by atoms with Crippen molar-refractivity contribution >= 4 is 34.5 Å². The van der Waals surface area contributed by atoms with Gasteiger partial charge in [-0.2, -0.15) is 13.2 Å². The Morgan fingerprint density at radius 1 is 1.00 bits per heavy atom. The SMILES string of the molecule is CO[C@@H](CCc1ccc(O)c(Cl)c1Cl)c1ccc(-c2ccc(C(F)(F)F)cc2)s1. The molecule has 0 radical (unpaired) electrons. The van der Waals surface area contributed by atoms with Crippen molar-refractivity contribution < 1.29 is 23.0 Å². The van der Waals surface area contributed by atoms with E-state index in [-0.39, 0.29) is 16.9 Å². The summed E-state index contributed by atoms with van der Waals surface area (Å²) in [5, 5.41) is 10.0. The summed E-state index contributed by atoms with van der Waals surface area (Å²) in [5.41, 5.74) is 0.853. The van der Waals surface area contributed by atoms with Gasteiger partial charge in [-0.05, 0) is 54.3 Å². The Balaban J connectivity index is 1.73. The number of hydrogen-bond donors (Lipinski definition) is 1. The second-order valence-corrected chi connectivity index (χ2v) is 8.28. The molecule has 8 heteroatoms. The molecule has 2 aromatic carbocycles. The molecule has 2 nitrogen and oxygen atoms in total. The number of aromatic hydroxyl groups is 1. The molecule has 1 aromatic heterocycles. The first-order chi connectivity index (χ1) is 13.7. The highest BCUT2D eigenvalue weighted by atomic mass is 35.5. The maximum atomic E-state index is 12.7. The summed E-state index contributed by atoms with van der Waals surface area (Å²) in [6.07, 6.45) is -3.33. The zero-order chi connectivity index (χ0) is 21.2. The number of phenolic OH excluding ortho intramolecular Hbond substituents is 1. The highest BCUT2D eigenvalue weighted by Crippen LogP contribution is 2.38. The molecule has 0 aliphatic heterocycles. The Hall–Kier alpha value is -1.73. The van der Waals surface area contributed by atoms with Crippen molar-refractivity contribution in [1.82, 2.24) is 0 Å². The quantitative estimate of drug-likeness (QED) is 0.407. The summed E-state index contributed by atoms with van der Waals surface area (Å²) in [4.78, 5) is 1.82. The number of methoxy groups -OCH3 is 1. The van der Waals surface area contributed by atoms with Crippen molar-refractivity contribution in [3.8, 4) is 16.2 Å². The number of ether oxygens (including phenoxy) is 1. The fourth-order valence-electron chi connectivity index (χ4n) is 2.94. The summed E-state index contributed by atoms with van der Waals surface area (Å²) in [6.45, 7) is 0. The summed E-state index contributed by atoms with van der Waals surface area (Å²) in [7, 11) is 1.60. The molecular formula is C21H17Cl2F3O2S. The van der Waals surface area contributed by atoms with E-state index in [0.717, 1.165) is 33.0 Å². The van der Waals surface area contributed by atoms with E-state index in [1.165, 1.54) is 29.5 Å². The molecule has 1 heterocycles. The molecule has 29 heavy (non-hydrogen) atoms. The molecule has 0 aliphatic carbocycles. The van der Waals surface area contributed by atoms with Crippen molar-refractivity contribution in [3.05, 3.63) is 74.6 Å². The van der Waals surface area contributed by atoms with Crippen LogP contribution in [0.2, 0.25) is 10.0 Å². The first kappa shape index (κ1) is 22.0. The highest BCUT2D eigenvalue weighted by molar-refractivity contribution is 7.15. The van der Waals surface area contributed by atoms with E-state index in [1.807, 2.05) is 12.1 Å². The fraction of sp³-hybridized carbons (Fsp3) is 0.238. The van der Waals surface area contributed by atoms with Gasteiger partial charge in [0.2, 0.25) is 0 Å². The van der Waals surface area contributed by atoms with E-state index in [4.69, 9.17) is 27.9 Å². The molecule has 0 saturated heterocycles. The lowest BCUT2D eigenvalue weighted by Gasteiger charge is -2.15. The number of benzene rings is 2. The second kappa shape index (κ2) is 8.96. The molecule has 0 unspecified atom stereocenters. The Morgan fingerprint density at radius 2 is 1.69 bits per heavy atom. The molecular weight excluding hydrogens is 444 g/mol. The number of hydrogen-bond acceptors (Lipinski definition) is 3.